The van der Waals surface area contributed by atoms with Crippen molar-refractivity contribution in [1.82, 2.24) is 5.48 Å². The average Bonchev–Trinajstić information content (AvgIpc) is 1.89. The standard InChI is InChI=1S/C6H13NO3/c1-2-3-4-5(7-10)6(8)9/h5,7,10H,2-4H2,1H3,(H,8,9)/t5-/m1/s1. The molecule has 0 radical (unpaired) electrons. The summed E-state index contributed by atoms with van der Waals surface area (Å²) in [5, 5.41) is 16.7. The number of carbonyl (C=O) groups is 1. The number of unbranched alkanes of at least 4 members (excludes halogenated alkanes) is 1. The number of carboxylic acid groups (broad SMARTS) is 1. The summed E-state index contributed by atoms with van der Waals surface area (Å²) in [6.45, 7) is 1.97. The Morgan fingerprint density at radius 1 is 1.70 bits per heavy atom. The predicted octanol–water partition coefficient (Wildman–Crippen LogP) is 0.609. The molecule has 0 aliphatic rings. The molecule has 0 saturated carbocycles. The lowest BCUT2D eigenvalue weighted by Crippen LogP contribution is -2.33. The van der Waals surface area contributed by atoms with Crippen LogP contribution in [0.2, 0.25) is 0 Å². The summed E-state index contributed by atoms with van der Waals surface area (Å²) >= 11 is 0. The van der Waals surface area contributed by atoms with Crippen molar-refractivity contribution in [1.29, 1.82) is 0 Å². The first kappa shape index (κ1) is 9.39. The Hall–Kier alpha value is -0.610. The molecule has 0 amide bonds. The Labute approximate surface area is 59.8 Å². The van der Waals surface area contributed by atoms with Crippen molar-refractivity contribution in [3.63, 3.8) is 0 Å². The minimum Gasteiger partial charge on any atom is -0.480 e. The molecule has 0 aromatic carbocycles. The summed E-state index contributed by atoms with van der Waals surface area (Å²) in [6, 6.07) is -0.806. The molecule has 0 fully saturated rings. The van der Waals surface area contributed by atoms with Crippen molar-refractivity contribution in [3.8, 4) is 0 Å². The van der Waals surface area contributed by atoms with E-state index in [0.29, 0.717) is 6.42 Å². The number of carboxylic acids is 1. The first-order chi connectivity index (χ1) is 4.72. The van der Waals surface area contributed by atoms with Crippen molar-refractivity contribution < 1.29 is 15.1 Å². The quantitative estimate of drug-likeness (QED) is 0.498. The van der Waals surface area contributed by atoms with Gasteiger partial charge in [0, 0.05) is 0 Å². The average molecular weight is 147 g/mol. The number of hydrogen-bond acceptors (Lipinski definition) is 3. The molecule has 4 nitrogen and oxygen atoms in total. The Kier molecular flexibility index (Phi) is 4.88. The Morgan fingerprint density at radius 2 is 2.30 bits per heavy atom. The highest BCUT2D eigenvalue weighted by atomic mass is 16.5. The first-order valence-corrected chi connectivity index (χ1v) is 3.34. The highest BCUT2D eigenvalue weighted by molar-refractivity contribution is 5.73. The van der Waals surface area contributed by atoms with E-state index in [1.165, 1.54) is 0 Å². The second-order valence-corrected chi connectivity index (χ2v) is 2.16. The van der Waals surface area contributed by atoms with Crippen LogP contribution in [0.4, 0.5) is 0 Å². The van der Waals surface area contributed by atoms with Crippen LogP contribution in [0.15, 0.2) is 0 Å². The van der Waals surface area contributed by atoms with Gasteiger partial charge in [0.2, 0.25) is 0 Å². The van der Waals surface area contributed by atoms with Crippen LogP contribution in [0, 0.1) is 0 Å². The van der Waals surface area contributed by atoms with E-state index in [1.807, 2.05) is 6.92 Å². The molecule has 0 heterocycles. The molecule has 3 N–H and O–H groups in total. The molecule has 1 atom stereocenters. The molecular formula is C6H13NO3. The van der Waals surface area contributed by atoms with Crippen LogP contribution in [0.5, 0.6) is 0 Å². The van der Waals surface area contributed by atoms with Gasteiger partial charge >= 0.3 is 5.97 Å². The predicted molar refractivity (Wildman–Crippen MR) is 35.9 cm³/mol. The van der Waals surface area contributed by atoms with Gasteiger partial charge in [-0.25, -0.2) is 0 Å². The molecule has 0 bridgehead atoms. The van der Waals surface area contributed by atoms with Crippen molar-refractivity contribution in [3.05, 3.63) is 0 Å². The number of hydrogen-bond donors (Lipinski definition) is 3. The maximum Gasteiger partial charge on any atom is 0.323 e. The van der Waals surface area contributed by atoms with Crippen molar-refractivity contribution >= 4 is 5.97 Å². The number of nitrogens with one attached hydrogen (secondary N) is 1. The topological polar surface area (TPSA) is 69.6 Å². The number of rotatable bonds is 5. The highest BCUT2D eigenvalue weighted by Crippen LogP contribution is 1.99. The second kappa shape index (κ2) is 5.20. The van der Waals surface area contributed by atoms with E-state index < -0.39 is 12.0 Å². The summed E-state index contributed by atoms with van der Waals surface area (Å²) in [7, 11) is 0. The smallest absolute Gasteiger partial charge is 0.323 e. The van der Waals surface area contributed by atoms with Gasteiger partial charge in [-0.3, -0.25) is 4.79 Å². The molecule has 0 spiro atoms. The van der Waals surface area contributed by atoms with Gasteiger partial charge in [0.1, 0.15) is 6.04 Å². The van der Waals surface area contributed by atoms with E-state index in [4.69, 9.17) is 10.3 Å². The Morgan fingerprint density at radius 3 is 2.60 bits per heavy atom. The van der Waals surface area contributed by atoms with Gasteiger partial charge in [-0.15, -0.1) is 0 Å². The molecule has 0 saturated heterocycles. The van der Waals surface area contributed by atoms with Crippen molar-refractivity contribution in [2.24, 2.45) is 0 Å². The van der Waals surface area contributed by atoms with Gasteiger partial charge in [-0.05, 0) is 6.42 Å². The second-order valence-electron chi connectivity index (χ2n) is 2.16. The lowest BCUT2D eigenvalue weighted by atomic mass is 10.1. The van der Waals surface area contributed by atoms with Gasteiger partial charge in [0.05, 0.1) is 0 Å². The van der Waals surface area contributed by atoms with E-state index in [1.54, 1.807) is 5.48 Å². The molecule has 60 valence electrons. The molecule has 0 aliphatic heterocycles. The lowest BCUT2D eigenvalue weighted by molar-refractivity contribution is -0.142. The van der Waals surface area contributed by atoms with Crippen LogP contribution < -0.4 is 5.48 Å². The van der Waals surface area contributed by atoms with E-state index in [-0.39, 0.29) is 0 Å². The zero-order valence-corrected chi connectivity index (χ0v) is 6.00. The van der Waals surface area contributed by atoms with Crippen LogP contribution in [0.1, 0.15) is 26.2 Å². The number of hydroxylamine groups is 1. The number of aliphatic carboxylic acids is 1. The van der Waals surface area contributed by atoms with Gasteiger partial charge in [0.25, 0.3) is 0 Å². The van der Waals surface area contributed by atoms with Crippen LogP contribution in [0.3, 0.4) is 0 Å². The fraction of sp³-hybridized carbons (Fsp3) is 0.833. The van der Waals surface area contributed by atoms with Gasteiger partial charge in [-0.2, -0.15) is 5.48 Å². The maximum atomic E-state index is 10.2. The third-order valence-corrected chi connectivity index (χ3v) is 1.30. The molecule has 0 rings (SSSR count). The summed E-state index contributed by atoms with van der Waals surface area (Å²) in [6.07, 6.45) is 2.22. The van der Waals surface area contributed by atoms with Gasteiger partial charge < -0.3 is 10.3 Å². The molecule has 0 aromatic heterocycles. The van der Waals surface area contributed by atoms with E-state index in [0.717, 1.165) is 12.8 Å². The maximum absolute atomic E-state index is 10.2. The van der Waals surface area contributed by atoms with Gasteiger partial charge in [-0.1, -0.05) is 19.8 Å². The summed E-state index contributed by atoms with van der Waals surface area (Å²) < 4.78 is 0. The summed E-state index contributed by atoms with van der Waals surface area (Å²) in [5.74, 6) is -1.00. The molecule has 10 heavy (non-hydrogen) atoms. The third kappa shape index (κ3) is 3.42. The molecule has 0 aromatic rings. The summed E-state index contributed by atoms with van der Waals surface area (Å²) in [4.78, 5) is 10.2. The minimum absolute atomic E-state index is 0.475. The van der Waals surface area contributed by atoms with Gasteiger partial charge in [0.15, 0.2) is 0 Å². The Bertz CT molecular complexity index is 105. The molecule has 0 unspecified atom stereocenters. The van der Waals surface area contributed by atoms with E-state index in [2.05, 4.69) is 0 Å². The van der Waals surface area contributed by atoms with Crippen LogP contribution in [-0.4, -0.2) is 22.3 Å². The zero-order valence-electron chi connectivity index (χ0n) is 6.00. The van der Waals surface area contributed by atoms with Crippen molar-refractivity contribution in [2.45, 2.75) is 32.2 Å². The molecular weight excluding hydrogens is 134 g/mol. The van der Waals surface area contributed by atoms with E-state index in [9.17, 15) is 4.79 Å². The fourth-order valence-corrected chi connectivity index (χ4v) is 0.651. The largest absolute Gasteiger partial charge is 0.480 e. The molecule has 0 aliphatic carbocycles. The third-order valence-electron chi connectivity index (χ3n) is 1.30. The highest BCUT2D eigenvalue weighted by Gasteiger charge is 2.13. The fourth-order valence-electron chi connectivity index (χ4n) is 0.651. The molecule has 4 heteroatoms. The lowest BCUT2D eigenvalue weighted by Gasteiger charge is -2.07. The first-order valence-electron chi connectivity index (χ1n) is 3.34. The zero-order chi connectivity index (χ0) is 7.98. The normalized spacial score (nSPS) is 13.0. The van der Waals surface area contributed by atoms with Crippen LogP contribution in [0.25, 0.3) is 0 Å². The summed E-state index contributed by atoms with van der Waals surface area (Å²) in [5.41, 5.74) is 1.74. The SMILES string of the molecule is CCCC[C@@H](NO)C(=O)O. The minimum atomic E-state index is -1.00. The van der Waals surface area contributed by atoms with Crippen LogP contribution in [-0.2, 0) is 4.79 Å². The Balaban J connectivity index is 3.50. The van der Waals surface area contributed by atoms with Crippen molar-refractivity contribution in [2.75, 3.05) is 0 Å². The monoisotopic (exact) mass is 147 g/mol. The van der Waals surface area contributed by atoms with Crippen LogP contribution >= 0.6 is 0 Å². The van der Waals surface area contributed by atoms with E-state index >= 15 is 0 Å².